The van der Waals surface area contributed by atoms with Gasteiger partial charge in [0.15, 0.2) is 0 Å². The van der Waals surface area contributed by atoms with E-state index in [9.17, 15) is 9.59 Å². The van der Waals surface area contributed by atoms with Crippen molar-refractivity contribution in [2.45, 2.75) is 13.1 Å². The van der Waals surface area contributed by atoms with Crippen LogP contribution in [0.15, 0.2) is 83.9 Å². The van der Waals surface area contributed by atoms with Gasteiger partial charge in [-0.25, -0.2) is 4.98 Å². The molecule has 0 saturated carbocycles. The molecule has 0 saturated heterocycles. The quantitative estimate of drug-likeness (QED) is 0.449. The largest absolute Gasteiger partial charge is 0.345 e. The lowest BCUT2D eigenvalue weighted by Gasteiger charge is -2.11. The Balaban J connectivity index is 1.60. The van der Waals surface area contributed by atoms with E-state index in [1.54, 1.807) is 33.5 Å². The molecule has 0 radical (unpaired) electrons. The van der Waals surface area contributed by atoms with Crippen molar-refractivity contribution in [1.29, 1.82) is 0 Å². The molecule has 0 atom stereocenters. The molecule has 0 spiro atoms. The summed E-state index contributed by atoms with van der Waals surface area (Å²) in [6.45, 7) is 0.513. The van der Waals surface area contributed by atoms with Crippen LogP contribution in [-0.4, -0.2) is 24.8 Å². The molecule has 0 fully saturated rings. The minimum absolute atomic E-state index is 0.195. The molecular weight excluding hydrogens is 426 g/mol. The Morgan fingerprint density at radius 3 is 2.59 bits per heavy atom. The third-order valence-corrected chi connectivity index (χ3v) is 5.61. The standard InChI is InChI=1S/C24H18ClN5O2/c25-19-10-3-1-7-16(19)14-30-23(32)18-9-2-4-11-21(18)29-15-20(28-24(29)30)22(31)27-13-17-8-5-6-12-26-17/h1-12,15H,13-14H2,(H,27,31). The summed E-state index contributed by atoms with van der Waals surface area (Å²) in [5.74, 6) is 0.0248. The van der Waals surface area contributed by atoms with Gasteiger partial charge in [-0.05, 0) is 35.9 Å². The number of hydrogen-bond acceptors (Lipinski definition) is 4. The predicted molar refractivity (Wildman–Crippen MR) is 123 cm³/mol. The number of nitrogens with one attached hydrogen (secondary N) is 1. The average molecular weight is 444 g/mol. The lowest BCUT2D eigenvalue weighted by Crippen LogP contribution is -2.24. The normalized spacial score (nSPS) is 11.2. The van der Waals surface area contributed by atoms with Crippen LogP contribution in [0, 0.1) is 0 Å². The Bertz CT molecular complexity index is 1510. The number of rotatable bonds is 5. The van der Waals surface area contributed by atoms with Crippen LogP contribution in [0.4, 0.5) is 0 Å². The monoisotopic (exact) mass is 443 g/mol. The summed E-state index contributed by atoms with van der Waals surface area (Å²) in [5.41, 5.74) is 2.23. The van der Waals surface area contributed by atoms with Gasteiger partial charge in [-0.15, -0.1) is 0 Å². The molecule has 2 aromatic carbocycles. The second kappa shape index (κ2) is 8.28. The molecule has 8 heteroatoms. The fourth-order valence-corrected chi connectivity index (χ4v) is 3.85. The smallest absolute Gasteiger partial charge is 0.271 e. The second-order valence-electron chi connectivity index (χ2n) is 7.30. The Morgan fingerprint density at radius 2 is 1.78 bits per heavy atom. The number of aromatic nitrogens is 4. The topological polar surface area (TPSA) is 81.3 Å². The van der Waals surface area contributed by atoms with E-state index in [0.29, 0.717) is 21.7 Å². The molecule has 0 bridgehead atoms. The minimum atomic E-state index is -0.347. The maximum Gasteiger partial charge on any atom is 0.271 e. The highest BCUT2D eigenvalue weighted by atomic mass is 35.5. The van der Waals surface area contributed by atoms with E-state index < -0.39 is 0 Å². The number of carbonyl (C=O) groups excluding carboxylic acids is 1. The van der Waals surface area contributed by atoms with Gasteiger partial charge in [0.2, 0.25) is 5.78 Å². The molecule has 3 heterocycles. The van der Waals surface area contributed by atoms with Gasteiger partial charge in [0.05, 0.1) is 29.7 Å². The maximum atomic E-state index is 13.3. The zero-order chi connectivity index (χ0) is 22.1. The van der Waals surface area contributed by atoms with Gasteiger partial charge >= 0.3 is 0 Å². The molecule has 0 aliphatic rings. The Hall–Kier alpha value is -3.97. The predicted octanol–water partition coefficient (Wildman–Crippen LogP) is 3.68. The number of para-hydroxylation sites is 1. The molecule has 0 aliphatic heterocycles. The molecule has 32 heavy (non-hydrogen) atoms. The van der Waals surface area contributed by atoms with Crippen molar-refractivity contribution in [3.8, 4) is 0 Å². The Kier molecular flexibility index (Phi) is 5.17. The lowest BCUT2D eigenvalue weighted by atomic mass is 10.2. The van der Waals surface area contributed by atoms with Crippen LogP contribution in [-0.2, 0) is 13.1 Å². The highest BCUT2D eigenvalue weighted by Crippen LogP contribution is 2.19. The summed E-state index contributed by atoms with van der Waals surface area (Å²) in [4.78, 5) is 34.8. The number of imidazole rings is 1. The molecule has 7 nitrogen and oxygen atoms in total. The number of fused-ring (bicyclic) bond motifs is 3. The van der Waals surface area contributed by atoms with Crippen molar-refractivity contribution in [2.24, 2.45) is 0 Å². The van der Waals surface area contributed by atoms with Crippen molar-refractivity contribution in [2.75, 3.05) is 0 Å². The third kappa shape index (κ3) is 3.63. The third-order valence-electron chi connectivity index (χ3n) is 5.24. The number of halogens is 1. The fraction of sp³-hybridized carbons (Fsp3) is 0.0833. The highest BCUT2D eigenvalue weighted by molar-refractivity contribution is 6.31. The van der Waals surface area contributed by atoms with Crippen LogP contribution in [0.25, 0.3) is 16.7 Å². The number of nitrogens with zero attached hydrogens (tertiary/aromatic N) is 4. The molecule has 0 aliphatic carbocycles. The van der Waals surface area contributed by atoms with E-state index in [1.807, 2.05) is 54.6 Å². The summed E-state index contributed by atoms with van der Waals surface area (Å²) in [6.07, 6.45) is 3.32. The summed E-state index contributed by atoms with van der Waals surface area (Å²) >= 11 is 6.34. The fourth-order valence-electron chi connectivity index (χ4n) is 3.65. The summed E-state index contributed by atoms with van der Waals surface area (Å²) < 4.78 is 3.31. The van der Waals surface area contributed by atoms with Crippen molar-refractivity contribution >= 4 is 34.2 Å². The second-order valence-corrected chi connectivity index (χ2v) is 7.71. The zero-order valence-corrected chi connectivity index (χ0v) is 17.7. The summed E-state index contributed by atoms with van der Waals surface area (Å²) in [7, 11) is 0. The molecule has 5 rings (SSSR count). The van der Waals surface area contributed by atoms with Gasteiger partial charge in [-0.2, -0.15) is 0 Å². The Morgan fingerprint density at radius 1 is 1.00 bits per heavy atom. The number of benzene rings is 2. The van der Waals surface area contributed by atoms with Crippen molar-refractivity contribution in [3.05, 3.63) is 111 Å². The molecule has 0 unspecified atom stereocenters. The van der Waals surface area contributed by atoms with Crippen molar-refractivity contribution in [3.63, 3.8) is 0 Å². The number of hydrogen-bond donors (Lipinski definition) is 1. The first-order chi connectivity index (χ1) is 15.6. The maximum absolute atomic E-state index is 13.3. The number of amides is 1. The van der Waals surface area contributed by atoms with Crippen LogP contribution < -0.4 is 10.9 Å². The van der Waals surface area contributed by atoms with Crippen LogP contribution in [0.5, 0.6) is 0 Å². The van der Waals surface area contributed by atoms with E-state index in [4.69, 9.17) is 11.6 Å². The van der Waals surface area contributed by atoms with Gasteiger partial charge in [-0.3, -0.25) is 23.5 Å². The molecule has 1 N–H and O–H groups in total. The van der Waals surface area contributed by atoms with Crippen molar-refractivity contribution in [1.82, 2.24) is 24.3 Å². The van der Waals surface area contributed by atoms with Gasteiger partial charge in [-0.1, -0.05) is 48.0 Å². The van der Waals surface area contributed by atoms with Gasteiger partial charge in [0, 0.05) is 17.4 Å². The number of pyridine rings is 1. The summed E-state index contributed by atoms with van der Waals surface area (Å²) in [6, 6.07) is 20.1. The van der Waals surface area contributed by atoms with Crippen LogP contribution >= 0.6 is 11.6 Å². The zero-order valence-electron chi connectivity index (χ0n) is 16.9. The van der Waals surface area contributed by atoms with E-state index in [0.717, 1.165) is 11.3 Å². The van der Waals surface area contributed by atoms with Gasteiger partial charge < -0.3 is 5.32 Å². The van der Waals surface area contributed by atoms with E-state index in [2.05, 4.69) is 15.3 Å². The average Bonchev–Trinajstić information content (AvgIpc) is 3.28. The molecule has 5 aromatic rings. The first-order valence-corrected chi connectivity index (χ1v) is 10.4. The SMILES string of the molecule is O=C(NCc1ccccn1)c1cn2c3ccccc3c(=O)n(Cc3ccccc3Cl)c2n1. The van der Waals surface area contributed by atoms with Crippen LogP contribution in [0.2, 0.25) is 5.02 Å². The van der Waals surface area contributed by atoms with Gasteiger partial charge in [0.25, 0.3) is 11.5 Å². The summed E-state index contributed by atoms with van der Waals surface area (Å²) in [5, 5.41) is 3.92. The lowest BCUT2D eigenvalue weighted by molar-refractivity contribution is 0.0946. The first-order valence-electron chi connectivity index (χ1n) is 10.0. The highest BCUT2D eigenvalue weighted by Gasteiger charge is 2.18. The minimum Gasteiger partial charge on any atom is -0.345 e. The van der Waals surface area contributed by atoms with E-state index >= 15 is 0 Å². The molecule has 158 valence electrons. The molecule has 1 amide bonds. The first kappa shape index (κ1) is 20.0. The molecule has 3 aromatic heterocycles. The van der Waals surface area contributed by atoms with Crippen LogP contribution in [0.3, 0.4) is 0 Å². The van der Waals surface area contributed by atoms with Crippen molar-refractivity contribution < 1.29 is 4.79 Å². The van der Waals surface area contributed by atoms with Gasteiger partial charge in [0.1, 0.15) is 5.69 Å². The number of carbonyl (C=O) groups is 1. The Labute approximate surface area is 187 Å². The van der Waals surface area contributed by atoms with E-state index in [-0.39, 0.29) is 30.2 Å². The van der Waals surface area contributed by atoms with Crippen LogP contribution in [0.1, 0.15) is 21.7 Å². The van der Waals surface area contributed by atoms with E-state index in [1.165, 1.54) is 0 Å². The molecular formula is C24H18ClN5O2.